The summed E-state index contributed by atoms with van der Waals surface area (Å²) in [6.07, 6.45) is 44.8. The van der Waals surface area contributed by atoms with Crippen LogP contribution < -0.4 is 5.11 Å². The quantitative estimate of drug-likeness (QED) is 0.0263. The number of carbonyl (C=O) groups excluding carboxylic acids is 3. The molecule has 0 heterocycles. The lowest BCUT2D eigenvalue weighted by Gasteiger charge is -2.34. The van der Waals surface area contributed by atoms with Gasteiger partial charge in [0.25, 0.3) is 0 Å². The minimum atomic E-state index is -1.13. The van der Waals surface area contributed by atoms with E-state index in [0.29, 0.717) is 12.8 Å². The summed E-state index contributed by atoms with van der Waals surface area (Å²) >= 11 is 0. The van der Waals surface area contributed by atoms with Gasteiger partial charge in [0.2, 0.25) is 0 Å². The first-order chi connectivity index (χ1) is 27.1. The Morgan fingerprint density at radius 3 is 1.46 bits per heavy atom. The molecule has 0 aliphatic rings. The SMILES string of the molecule is CCCCCC/C=C/CCCC(=O)OC(COCCC(C(=O)[O-])[N+](C)(C)C)COC(=O)CCCCCCCCC/C=C/C/C=C/CCCCCCCCCCC. The predicted molar refractivity (Wildman–Crippen MR) is 231 cm³/mol. The number of hydrogen-bond donors (Lipinski definition) is 0. The number of quaternary nitrogens is 1. The Morgan fingerprint density at radius 2 is 0.964 bits per heavy atom. The smallest absolute Gasteiger partial charge is 0.306 e. The molecule has 0 amide bonds. The molecule has 0 aromatic carbocycles. The first-order valence-electron chi connectivity index (χ1n) is 23.0. The molecule has 2 unspecified atom stereocenters. The Bertz CT molecular complexity index is 1020. The average molecular weight is 790 g/mol. The van der Waals surface area contributed by atoms with Gasteiger partial charge in [0.15, 0.2) is 6.10 Å². The van der Waals surface area contributed by atoms with Crippen molar-refractivity contribution in [3.8, 4) is 0 Å². The van der Waals surface area contributed by atoms with Crippen LogP contribution in [0.1, 0.15) is 200 Å². The fraction of sp³-hybridized carbons (Fsp3) is 0.812. The summed E-state index contributed by atoms with van der Waals surface area (Å²) in [5, 5.41) is 11.6. The van der Waals surface area contributed by atoms with Crippen LogP contribution in [0.25, 0.3) is 0 Å². The number of carboxylic acids is 1. The Hall–Kier alpha value is -2.45. The molecule has 2 atom stereocenters. The topological polar surface area (TPSA) is 102 Å². The van der Waals surface area contributed by atoms with Crippen molar-refractivity contribution < 1.29 is 38.2 Å². The maximum atomic E-state index is 12.6. The van der Waals surface area contributed by atoms with Gasteiger partial charge in [-0.15, -0.1) is 0 Å². The number of nitrogens with zero attached hydrogens (tertiary/aromatic N) is 1. The van der Waals surface area contributed by atoms with E-state index in [1.165, 1.54) is 116 Å². The molecule has 0 saturated heterocycles. The highest BCUT2D eigenvalue weighted by Gasteiger charge is 2.25. The lowest BCUT2D eigenvalue weighted by atomic mass is 10.1. The summed E-state index contributed by atoms with van der Waals surface area (Å²) in [6.45, 7) is 4.59. The summed E-state index contributed by atoms with van der Waals surface area (Å²) in [4.78, 5) is 36.7. The molecule has 8 nitrogen and oxygen atoms in total. The van der Waals surface area contributed by atoms with E-state index in [0.717, 1.165) is 44.9 Å². The lowest BCUT2D eigenvalue weighted by Crippen LogP contribution is -2.55. The number of aliphatic carboxylic acids is 1. The number of rotatable bonds is 41. The first kappa shape index (κ1) is 53.6. The van der Waals surface area contributed by atoms with Crippen LogP contribution in [0.4, 0.5) is 0 Å². The van der Waals surface area contributed by atoms with Crippen LogP contribution in [-0.2, 0) is 28.6 Å². The minimum Gasteiger partial charge on any atom is -0.544 e. The van der Waals surface area contributed by atoms with Crippen LogP contribution in [0.3, 0.4) is 0 Å². The molecule has 0 aromatic rings. The molecule has 326 valence electrons. The molecule has 0 bridgehead atoms. The van der Waals surface area contributed by atoms with Crippen molar-refractivity contribution in [2.75, 3.05) is 41.0 Å². The van der Waals surface area contributed by atoms with Gasteiger partial charge in [-0.2, -0.15) is 0 Å². The zero-order chi connectivity index (χ0) is 41.4. The van der Waals surface area contributed by atoms with Gasteiger partial charge in [0.1, 0.15) is 12.6 Å². The highest BCUT2D eigenvalue weighted by Crippen LogP contribution is 2.14. The molecular weight excluding hydrogens is 703 g/mol. The van der Waals surface area contributed by atoms with E-state index in [4.69, 9.17) is 14.2 Å². The van der Waals surface area contributed by atoms with E-state index in [2.05, 4.69) is 50.3 Å². The summed E-state index contributed by atoms with van der Waals surface area (Å²) in [7, 11) is 5.39. The first-order valence-corrected chi connectivity index (χ1v) is 23.0. The molecule has 0 spiro atoms. The third-order valence-corrected chi connectivity index (χ3v) is 10.2. The Labute approximate surface area is 344 Å². The van der Waals surface area contributed by atoms with Crippen LogP contribution >= 0.6 is 0 Å². The second kappa shape index (κ2) is 39.4. The molecule has 0 radical (unpaired) electrons. The highest BCUT2D eigenvalue weighted by molar-refractivity contribution is 5.70. The van der Waals surface area contributed by atoms with Gasteiger partial charge in [-0.05, 0) is 64.2 Å². The van der Waals surface area contributed by atoms with E-state index in [-0.39, 0.29) is 49.1 Å². The van der Waals surface area contributed by atoms with E-state index in [1.807, 2.05) is 0 Å². The van der Waals surface area contributed by atoms with Crippen LogP contribution in [0, 0.1) is 0 Å². The van der Waals surface area contributed by atoms with Crippen molar-refractivity contribution in [3.63, 3.8) is 0 Å². The molecular formula is C48H87NO7. The predicted octanol–water partition coefficient (Wildman–Crippen LogP) is 11.3. The van der Waals surface area contributed by atoms with Gasteiger partial charge in [-0.3, -0.25) is 9.59 Å². The number of ether oxygens (including phenoxy) is 3. The van der Waals surface area contributed by atoms with E-state index >= 15 is 0 Å². The number of carbonyl (C=O) groups is 3. The van der Waals surface area contributed by atoms with Gasteiger partial charge in [-0.1, -0.05) is 153 Å². The van der Waals surface area contributed by atoms with E-state index in [1.54, 1.807) is 21.1 Å². The summed E-state index contributed by atoms with van der Waals surface area (Å²) in [5.41, 5.74) is 0. The second-order valence-electron chi connectivity index (χ2n) is 16.6. The normalized spacial score (nSPS) is 13.2. The fourth-order valence-electron chi connectivity index (χ4n) is 6.63. The third-order valence-electron chi connectivity index (χ3n) is 10.2. The molecule has 0 aliphatic carbocycles. The van der Waals surface area contributed by atoms with Crippen LogP contribution in [0.15, 0.2) is 36.5 Å². The van der Waals surface area contributed by atoms with Gasteiger partial charge in [0, 0.05) is 19.3 Å². The van der Waals surface area contributed by atoms with Crippen molar-refractivity contribution >= 4 is 17.9 Å². The molecule has 0 rings (SSSR count). The summed E-state index contributed by atoms with van der Waals surface area (Å²) in [5.74, 6) is -1.79. The summed E-state index contributed by atoms with van der Waals surface area (Å²) in [6, 6.07) is -0.729. The number of hydrogen-bond acceptors (Lipinski definition) is 7. The van der Waals surface area contributed by atoms with Crippen molar-refractivity contribution in [3.05, 3.63) is 36.5 Å². The molecule has 0 fully saturated rings. The van der Waals surface area contributed by atoms with Crippen LogP contribution in [0.5, 0.6) is 0 Å². The zero-order valence-corrected chi connectivity index (χ0v) is 37.1. The number of likely N-dealkylation sites (N-methyl/N-ethyl adjacent to an activating group) is 1. The molecule has 0 aromatic heterocycles. The van der Waals surface area contributed by atoms with Gasteiger partial charge in [0.05, 0.1) is 40.3 Å². The molecule has 0 aliphatic heterocycles. The Morgan fingerprint density at radius 1 is 0.536 bits per heavy atom. The van der Waals surface area contributed by atoms with E-state index < -0.39 is 18.1 Å². The van der Waals surface area contributed by atoms with Crippen LogP contribution in [-0.4, -0.2) is 75.5 Å². The minimum absolute atomic E-state index is 0.0277. The van der Waals surface area contributed by atoms with Crippen molar-refractivity contribution in [2.24, 2.45) is 0 Å². The Balaban J connectivity index is 4.19. The third kappa shape index (κ3) is 37.1. The number of esters is 2. The van der Waals surface area contributed by atoms with Gasteiger partial charge >= 0.3 is 11.9 Å². The summed E-state index contributed by atoms with van der Waals surface area (Å²) < 4.78 is 17.1. The van der Waals surface area contributed by atoms with Gasteiger partial charge in [-0.25, -0.2) is 0 Å². The van der Waals surface area contributed by atoms with Crippen molar-refractivity contribution in [1.82, 2.24) is 0 Å². The number of carboxylic acid groups (broad SMARTS) is 1. The standard InChI is InChI=1S/C48H87NO7/c1-6-8-10-12-14-16-17-18-19-20-21-22-23-24-25-26-27-28-29-31-32-34-36-38-46(50)55-43-44(42-54-41-40-45(48(52)53)49(3,4)5)56-47(51)39-37-35-33-30-15-13-11-9-7-2/h21-22,24-25,30,33,44-45H,6-20,23,26-29,31-32,34-43H2,1-5H3/b22-21+,25-24+,33-30+. The average Bonchev–Trinajstić information content (AvgIpc) is 3.15. The molecule has 0 saturated carbocycles. The highest BCUT2D eigenvalue weighted by atomic mass is 16.6. The molecule has 8 heteroatoms. The molecule has 56 heavy (non-hydrogen) atoms. The maximum absolute atomic E-state index is 12.6. The zero-order valence-electron chi connectivity index (χ0n) is 37.1. The Kier molecular flexibility index (Phi) is 37.7. The second-order valence-corrected chi connectivity index (χ2v) is 16.6. The number of unbranched alkanes of at least 4 members (excludes halogenated alkanes) is 21. The molecule has 0 N–H and O–H groups in total. The van der Waals surface area contributed by atoms with E-state index in [9.17, 15) is 19.5 Å². The van der Waals surface area contributed by atoms with Crippen molar-refractivity contribution in [2.45, 2.75) is 212 Å². The lowest BCUT2D eigenvalue weighted by molar-refractivity contribution is -0.889. The van der Waals surface area contributed by atoms with Crippen molar-refractivity contribution in [1.29, 1.82) is 0 Å². The fourth-order valence-corrected chi connectivity index (χ4v) is 6.63. The number of allylic oxidation sites excluding steroid dienone is 6. The largest absolute Gasteiger partial charge is 0.544 e. The van der Waals surface area contributed by atoms with Gasteiger partial charge < -0.3 is 28.6 Å². The van der Waals surface area contributed by atoms with Crippen LogP contribution in [0.2, 0.25) is 0 Å². The monoisotopic (exact) mass is 790 g/mol. The maximum Gasteiger partial charge on any atom is 0.306 e.